The monoisotopic (exact) mass is 258 g/mol. The molecule has 0 spiro atoms. The summed E-state index contributed by atoms with van der Waals surface area (Å²) in [7, 11) is 0. The summed E-state index contributed by atoms with van der Waals surface area (Å²) in [5.74, 6) is 2.24. The molecule has 0 amide bonds. The number of hydrogen-bond donors (Lipinski definition) is 0. The maximum atomic E-state index is 5.71. The van der Waals surface area contributed by atoms with Crippen LogP contribution in [0.3, 0.4) is 0 Å². The fourth-order valence-electron chi connectivity index (χ4n) is 1.43. The zero-order valence-corrected chi connectivity index (χ0v) is 10.9. The van der Waals surface area contributed by atoms with Crippen molar-refractivity contribution in [3.05, 3.63) is 54.6 Å². The Hall–Kier alpha value is -1.87. The van der Waals surface area contributed by atoms with Crippen molar-refractivity contribution in [1.29, 1.82) is 0 Å². The summed E-state index contributed by atoms with van der Waals surface area (Å²) in [4.78, 5) is 0. The molecule has 2 aromatic carbocycles. The molecule has 0 unspecified atom stereocenters. The molecule has 92 valence electrons. The highest BCUT2D eigenvalue weighted by Gasteiger charge is 2.01. The van der Waals surface area contributed by atoms with Gasteiger partial charge in [-0.1, -0.05) is 31.2 Å². The Morgan fingerprint density at radius 2 is 1.61 bits per heavy atom. The van der Waals surface area contributed by atoms with Crippen LogP contribution in [0.2, 0.25) is 0 Å². The lowest BCUT2D eigenvalue weighted by Crippen LogP contribution is -2.02. The fraction of sp³-hybridized carbons (Fsp3) is 0.133. The first-order chi connectivity index (χ1) is 8.78. The first-order valence-corrected chi connectivity index (χ1v) is 6.22. The van der Waals surface area contributed by atoms with Gasteiger partial charge in [0, 0.05) is 12.5 Å². The van der Waals surface area contributed by atoms with E-state index in [1.54, 1.807) is 0 Å². The molecule has 0 saturated carbocycles. The molecule has 2 nitrogen and oxygen atoms in total. The first-order valence-electron chi connectivity index (χ1n) is 5.81. The van der Waals surface area contributed by atoms with Gasteiger partial charge in [-0.15, -0.1) is 0 Å². The van der Waals surface area contributed by atoms with Gasteiger partial charge in [0.05, 0.1) is 0 Å². The Balaban J connectivity index is 2.10. The third kappa shape index (κ3) is 3.57. The molecular formula is C15H14O2S. The van der Waals surface area contributed by atoms with Crippen molar-refractivity contribution in [2.24, 2.45) is 0 Å². The predicted octanol–water partition coefficient (Wildman–Crippen LogP) is 4.60. The minimum Gasteiger partial charge on any atom is -0.457 e. The number of para-hydroxylation sites is 1. The van der Waals surface area contributed by atoms with Crippen LogP contribution >= 0.6 is 12.2 Å². The second kappa shape index (κ2) is 6.17. The highest BCUT2D eigenvalue weighted by molar-refractivity contribution is 7.80. The average molecular weight is 258 g/mol. The molecule has 0 saturated heterocycles. The number of thiocarbonyl (C=S) groups is 1. The summed E-state index contributed by atoms with van der Waals surface area (Å²) in [5.41, 5.74) is 0. The molecule has 0 radical (unpaired) electrons. The van der Waals surface area contributed by atoms with Gasteiger partial charge in [0.2, 0.25) is 0 Å². The molecule has 0 aromatic heterocycles. The highest BCUT2D eigenvalue weighted by Crippen LogP contribution is 2.25. The van der Waals surface area contributed by atoms with Crippen molar-refractivity contribution in [2.75, 3.05) is 0 Å². The molecule has 3 heteroatoms. The quantitative estimate of drug-likeness (QED) is 0.747. The SMILES string of the molecule is CCC(=S)Oc1cccc(Oc2ccccc2)c1. The van der Waals surface area contributed by atoms with Crippen LogP contribution in [0, 0.1) is 0 Å². The molecule has 2 aromatic rings. The van der Waals surface area contributed by atoms with E-state index < -0.39 is 0 Å². The van der Waals surface area contributed by atoms with Crippen LogP contribution in [-0.2, 0) is 0 Å². The van der Waals surface area contributed by atoms with Crippen LogP contribution in [0.4, 0.5) is 0 Å². The Bertz CT molecular complexity index is 523. The Labute approximate surface area is 112 Å². The maximum Gasteiger partial charge on any atom is 0.167 e. The average Bonchev–Trinajstić information content (AvgIpc) is 2.40. The van der Waals surface area contributed by atoms with Gasteiger partial charge >= 0.3 is 0 Å². The first kappa shape index (κ1) is 12.6. The molecule has 0 atom stereocenters. The highest BCUT2D eigenvalue weighted by atomic mass is 32.1. The molecule has 0 heterocycles. The van der Waals surface area contributed by atoms with Crippen molar-refractivity contribution in [2.45, 2.75) is 13.3 Å². The van der Waals surface area contributed by atoms with E-state index in [1.807, 2.05) is 61.5 Å². The zero-order chi connectivity index (χ0) is 12.8. The van der Waals surface area contributed by atoms with E-state index >= 15 is 0 Å². The summed E-state index contributed by atoms with van der Waals surface area (Å²) >= 11 is 5.05. The Kier molecular flexibility index (Phi) is 4.31. The van der Waals surface area contributed by atoms with Gasteiger partial charge in [0.1, 0.15) is 17.2 Å². The van der Waals surface area contributed by atoms with Crippen molar-refractivity contribution >= 4 is 17.3 Å². The lowest BCUT2D eigenvalue weighted by molar-refractivity contribution is 0.476. The van der Waals surface area contributed by atoms with Crippen molar-refractivity contribution in [1.82, 2.24) is 0 Å². The molecule has 0 aliphatic carbocycles. The number of ether oxygens (including phenoxy) is 2. The second-order valence-electron chi connectivity index (χ2n) is 3.72. The van der Waals surface area contributed by atoms with Gasteiger partial charge in [-0.05, 0) is 36.5 Å². The third-order valence-corrected chi connectivity index (χ3v) is 2.68. The molecule has 2 rings (SSSR count). The van der Waals surface area contributed by atoms with E-state index in [9.17, 15) is 0 Å². The van der Waals surface area contributed by atoms with Crippen LogP contribution < -0.4 is 9.47 Å². The molecule has 0 aliphatic rings. The van der Waals surface area contributed by atoms with Crippen LogP contribution in [0.1, 0.15) is 13.3 Å². The maximum absolute atomic E-state index is 5.71. The molecule has 0 fully saturated rings. The van der Waals surface area contributed by atoms with Gasteiger partial charge < -0.3 is 9.47 Å². The lowest BCUT2D eigenvalue weighted by Gasteiger charge is -2.08. The van der Waals surface area contributed by atoms with Gasteiger partial charge in [-0.3, -0.25) is 0 Å². The molecule has 0 aliphatic heterocycles. The minimum absolute atomic E-state index is 0.576. The van der Waals surface area contributed by atoms with E-state index in [-0.39, 0.29) is 0 Å². The minimum atomic E-state index is 0.576. The number of hydrogen-bond acceptors (Lipinski definition) is 3. The summed E-state index contributed by atoms with van der Waals surface area (Å²) in [5, 5.41) is 0.576. The van der Waals surface area contributed by atoms with E-state index in [1.165, 1.54) is 0 Å². The predicted molar refractivity (Wildman–Crippen MR) is 76.5 cm³/mol. The van der Waals surface area contributed by atoms with E-state index in [0.717, 1.165) is 17.9 Å². The normalized spacial score (nSPS) is 9.83. The largest absolute Gasteiger partial charge is 0.457 e. The van der Waals surface area contributed by atoms with E-state index in [2.05, 4.69) is 0 Å². The number of benzene rings is 2. The summed E-state index contributed by atoms with van der Waals surface area (Å²) in [6, 6.07) is 17.1. The third-order valence-electron chi connectivity index (χ3n) is 2.30. The summed E-state index contributed by atoms with van der Waals surface area (Å²) in [6.07, 6.45) is 0.721. The van der Waals surface area contributed by atoms with Crippen molar-refractivity contribution in [3.63, 3.8) is 0 Å². The van der Waals surface area contributed by atoms with Crippen LogP contribution in [0.25, 0.3) is 0 Å². The van der Waals surface area contributed by atoms with Gasteiger partial charge in [-0.25, -0.2) is 0 Å². The van der Waals surface area contributed by atoms with Crippen LogP contribution in [0.5, 0.6) is 17.2 Å². The van der Waals surface area contributed by atoms with Crippen LogP contribution in [-0.4, -0.2) is 5.05 Å². The lowest BCUT2D eigenvalue weighted by atomic mass is 10.3. The zero-order valence-electron chi connectivity index (χ0n) is 10.1. The van der Waals surface area contributed by atoms with Gasteiger partial charge in [0.25, 0.3) is 0 Å². The van der Waals surface area contributed by atoms with E-state index in [0.29, 0.717) is 10.8 Å². The fourth-order valence-corrected chi connectivity index (χ4v) is 1.53. The van der Waals surface area contributed by atoms with Crippen LogP contribution in [0.15, 0.2) is 54.6 Å². The molecular weight excluding hydrogens is 244 g/mol. The second-order valence-corrected chi connectivity index (χ2v) is 4.17. The molecule has 18 heavy (non-hydrogen) atoms. The Morgan fingerprint density at radius 1 is 0.944 bits per heavy atom. The van der Waals surface area contributed by atoms with E-state index in [4.69, 9.17) is 21.7 Å². The van der Waals surface area contributed by atoms with Crippen molar-refractivity contribution in [3.8, 4) is 17.2 Å². The van der Waals surface area contributed by atoms with Crippen molar-refractivity contribution < 1.29 is 9.47 Å². The standard InChI is InChI=1S/C15H14O2S/c1-2-15(18)17-14-10-6-9-13(11-14)16-12-7-4-3-5-8-12/h3-11H,2H2,1H3. The van der Waals surface area contributed by atoms with Gasteiger partial charge in [-0.2, -0.15) is 0 Å². The molecule has 0 N–H and O–H groups in total. The summed E-state index contributed by atoms with van der Waals surface area (Å²) in [6.45, 7) is 1.96. The number of rotatable bonds is 4. The Morgan fingerprint density at radius 3 is 2.33 bits per heavy atom. The summed E-state index contributed by atoms with van der Waals surface area (Å²) < 4.78 is 11.2. The molecule has 0 bridgehead atoms. The smallest absolute Gasteiger partial charge is 0.167 e. The van der Waals surface area contributed by atoms with Gasteiger partial charge in [0.15, 0.2) is 5.05 Å². The topological polar surface area (TPSA) is 18.5 Å².